The summed E-state index contributed by atoms with van der Waals surface area (Å²) in [7, 11) is 1.27. The fraction of sp³-hybridized carbons (Fsp3) is 0.750. The van der Waals surface area contributed by atoms with E-state index in [0.717, 1.165) is 0 Å². The molecule has 1 saturated heterocycles. The maximum absolute atomic E-state index is 11.3. The summed E-state index contributed by atoms with van der Waals surface area (Å²) < 4.78 is 9.58. The van der Waals surface area contributed by atoms with Crippen molar-refractivity contribution < 1.29 is 19.1 Å². The molecule has 1 aliphatic rings. The maximum atomic E-state index is 11.3. The number of esters is 1. The topological polar surface area (TPSA) is 52.6 Å². The van der Waals surface area contributed by atoms with Gasteiger partial charge < -0.3 is 9.47 Å². The third-order valence-corrected chi connectivity index (χ3v) is 2.12. The molecule has 1 atom stereocenters. The van der Waals surface area contributed by atoms with E-state index in [0.29, 0.717) is 13.0 Å². The van der Waals surface area contributed by atoms with Gasteiger partial charge in [-0.3, -0.25) is 9.59 Å². The fourth-order valence-electron chi connectivity index (χ4n) is 1.20. The van der Waals surface area contributed by atoms with Crippen LogP contribution in [-0.2, 0) is 19.1 Å². The van der Waals surface area contributed by atoms with Crippen LogP contribution in [0.3, 0.4) is 0 Å². The van der Waals surface area contributed by atoms with E-state index >= 15 is 0 Å². The standard InChI is InChI=1S/C8H12O4/c1-8(7(10)11-2)5-12-4-3-6(8)9/h3-5H2,1-2H3/t8-/m1/s1. The van der Waals surface area contributed by atoms with Crippen molar-refractivity contribution in [3.8, 4) is 0 Å². The molecule has 0 saturated carbocycles. The summed E-state index contributed by atoms with van der Waals surface area (Å²) >= 11 is 0. The van der Waals surface area contributed by atoms with E-state index in [2.05, 4.69) is 4.74 Å². The van der Waals surface area contributed by atoms with E-state index in [1.54, 1.807) is 6.92 Å². The Morgan fingerprint density at radius 3 is 2.83 bits per heavy atom. The molecule has 1 fully saturated rings. The highest BCUT2D eigenvalue weighted by molar-refractivity contribution is 6.03. The Morgan fingerprint density at radius 2 is 2.33 bits per heavy atom. The van der Waals surface area contributed by atoms with Crippen molar-refractivity contribution in [1.82, 2.24) is 0 Å². The molecular weight excluding hydrogens is 160 g/mol. The summed E-state index contributed by atoms with van der Waals surface area (Å²) in [6, 6.07) is 0. The number of carbonyl (C=O) groups excluding carboxylic acids is 2. The lowest BCUT2D eigenvalue weighted by Gasteiger charge is -2.28. The highest BCUT2D eigenvalue weighted by atomic mass is 16.5. The Bertz CT molecular complexity index is 201. The van der Waals surface area contributed by atoms with E-state index < -0.39 is 11.4 Å². The van der Waals surface area contributed by atoms with Crippen LogP contribution in [0.2, 0.25) is 0 Å². The molecule has 1 aliphatic heterocycles. The zero-order valence-corrected chi connectivity index (χ0v) is 7.25. The van der Waals surface area contributed by atoms with Gasteiger partial charge in [0.25, 0.3) is 0 Å². The molecule has 0 aliphatic carbocycles. The molecule has 4 heteroatoms. The first kappa shape index (κ1) is 9.19. The molecule has 0 aromatic heterocycles. The van der Waals surface area contributed by atoms with E-state index in [1.807, 2.05) is 0 Å². The van der Waals surface area contributed by atoms with Gasteiger partial charge in [0.1, 0.15) is 5.41 Å². The van der Waals surface area contributed by atoms with Crippen LogP contribution in [0.15, 0.2) is 0 Å². The molecule has 0 aromatic rings. The molecule has 0 bridgehead atoms. The zero-order chi connectivity index (χ0) is 9.19. The molecule has 4 nitrogen and oxygen atoms in total. The second kappa shape index (κ2) is 3.23. The van der Waals surface area contributed by atoms with Crippen molar-refractivity contribution in [3.05, 3.63) is 0 Å². The predicted molar refractivity (Wildman–Crippen MR) is 40.6 cm³/mol. The van der Waals surface area contributed by atoms with Crippen molar-refractivity contribution in [2.24, 2.45) is 5.41 Å². The van der Waals surface area contributed by atoms with Crippen LogP contribution in [0, 0.1) is 5.41 Å². The molecule has 0 unspecified atom stereocenters. The third-order valence-electron chi connectivity index (χ3n) is 2.12. The Morgan fingerprint density at radius 1 is 1.67 bits per heavy atom. The minimum absolute atomic E-state index is 0.0967. The highest BCUT2D eigenvalue weighted by Crippen LogP contribution is 2.25. The normalized spacial score (nSPS) is 30.0. The van der Waals surface area contributed by atoms with Gasteiger partial charge in [-0.15, -0.1) is 0 Å². The molecule has 0 spiro atoms. The number of hydrogen-bond acceptors (Lipinski definition) is 4. The predicted octanol–water partition coefficient (Wildman–Crippen LogP) is 0.155. The Hall–Kier alpha value is -0.900. The molecule has 0 radical (unpaired) electrons. The van der Waals surface area contributed by atoms with Crippen LogP contribution >= 0.6 is 0 Å². The van der Waals surface area contributed by atoms with Crippen LogP contribution < -0.4 is 0 Å². The van der Waals surface area contributed by atoms with Gasteiger partial charge in [-0.25, -0.2) is 0 Å². The van der Waals surface area contributed by atoms with Crippen molar-refractivity contribution in [1.29, 1.82) is 0 Å². The van der Waals surface area contributed by atoms with Gasteiger partial charge in [0, 0.05) is 6.42 Å². The number of ether oxygens (including phenoxy) is 2. The number of rotatable bonds is 1. The van der Waals surface area contributed by atoms with Crippen molar-refractivity contribution in [2.45, 2.75) is 13.3 Å². The Balaban J connectivity index is 2.79. The zero-order valence-electron chi connectivity index (χ0n) is 7.25. The number of Topliss-reactive ketones (excluding diaryl/α,β-unsaturated/α-hetero) is 1. The summed E-state index contributed by atoms with van der Waals surface area (Å²) in [6.07, 6.45) is 0.297. The van der Waals surface area contributed by atoms with Crippen LogP contribution in [0.5, 0.6) is 0 Å². The SMILES string of the molecule is COC(=O)[C@]1(C)COCCC1=O. The summed E-state index contributed by atoms with van der Waals surface area (Å²) in [4.78, 5) is 22.5. The monoisotopic (exact) mass is 172 g/mol. The first-order valence-corrected chi connectivity index (χ1v) is 3.81. The van der Waals surface area contributed by atoms with Gasteiger partial charge in [-0.1, -0.05) is 0 Å². The van der Waals surface area contributed by atoms with Crippen LogP contribution in [0.25, 0.3) is 0 Å². The third kappa shape index (κ3) is 1.34. The molecule has 0 aromatic carbocycles. The number of carbonyl (C=O) groups is 2. The number of hydrogen-bond donors (Lipinski definition) is 0. The second-order valence-electron chi connectivity index (χ2n) is 3.05. The quantitative estimate of drug-likeness (QED) is 0.417. The lowest BCUT2D eigenvalue weighted by Crippen LogP contribution is -2.45. The first-order chi connectivity index (χ1) is 5.61. The summed E-state index contributed by atoms with van der Waals surface area (Å²) in [5.41, 5.74) is -1.08. The molecule has 1 rings (SSSR count). The lowest BCUT2D eigenvalue weighted by atomic mass is 9.83. The second-order valence-corrected chi connectivity index (χ2v) is 3.05. The molecule has 0 amide bonds. The average Bonchev–Trinajstić information content (AvgIpc) is 2.09. The van der Waals surface area contributed by atoms with E-state index in [9.17, 15) is 9.59 Å². The molecule has 12 heavy (non-hydrogen) atoms. The van der Waals surface area contributed by atoms with Crippen molar-refractivity contribution >= 4 is 11.8 Å². The van der Waals surface area contributed by atoms with Gasteiger partial charge in [0.05, 0.1) is 20.3 Å². The van der Waals surface area contributed by atoms with Gasteiger partial charge in [0.2, 0.25) is 0 Å². The minimum atomic E-state index is -1.08. The lowest BCUT2D eigenvalue weighted by molar-refractivity contribution is -0.165. The smallest absolute Gasteiger partial charge is 0.321 e. The molecular formula is C8H12O4. The van der Waals surface area contributed by atoms with Gasteiger partial charge in [0.15, 0.2) is 5.78 Å². The van der Waals surface area contributed by atoms with E-state index in [1.165, 1.54) is 7.11 Å². The van der Waals surface area contributed by atoms with Crippen LogP contribution in [0.1, 0.15) is 13.3 Å². The minimum Gasteiger partial charge on any atom is -0.468 e. The van der Waals surface area contributed by atoms with Crippen molar-refractivity contribution in [3.63, 3.8) is 0 Å². The number of methoxy groups -OCH3 is 1. The average molecular weight is 172 g/mol. The molecule has 1 heterocycles. The maximum Gasteiger partial charge on any atom is 0.321 e. The largest absolute Gasteiger partial charge is 0.468 e. The van der Waals surface area contributed by atoms with Gasteiger partial charge in [-0.2, -0.15) is 0 Å². The number of ketones is 1. The summed E-state index contributed by atoms with van der Waals surface area (Å²) in [5.74, 6) is -0.604. The summed E-state index contributed by atoms with van der Waals surface area (Å²) in [5, 5.41) is 0. The first-order valence-electron chi connectivity index (χ1n) is 3.81. The van der Waals surface area contributed by atoms with Crippen LogP contribution in [0.4, 0.5) is 0 Å². The van der Waals surface area contributed by atoms with Gasteiger partial charge >= 0.3 is 5.97 Å². The molecule has 0 N–H and O–H groups in total. The van der Waals surface area contributed by atoms with E-state index in [-0.39, 0.29) is 12.4 Å². The summed E-state index contributed by atoms with van der Waals surface area (Å²) in [6.45, 7) is 2.10. The molecule has 68 valence electrons. The highest BCUT2D eigenvalue weighted by Gasteiger charge is 2.44. The van der Waals surface area contributed by atoms with Crippen molar-refractivity contribution in [2.75, 3.05) is 20.3 Å². The van der Waals surface area contributed by atoms with E-state index in [4.69, 9.17) is 4.74 Å². The fourth-order valence-corrected chi connectivity index (χ4v) is 1.20. The van der Waals surface area contributed by atoms with Gasteiger partial charge in [-0.05, 0) is 6.92 Å². The Labute approximate surface area is 70.8 Å². The Kier molecular flexibility index (Phi) is 2.47. The van der Waals surface area contributed by atoms with Crippen LogP contribution in [-0.4, -0.2) is 32.1 Å².